The van der Waals surface area contributed by atoms with Gasteiger partial charge in [0.25, 0.3) is 0 Å². The maximum atomic E-state index is 4.78. The topological polar surface area (TPSA) is 12.4 Å². The molecule has 21 heavy (non-hydrogen) atoms. The van der Waals surface area contributed by atoms with Gasteiger partial charge in [0.05, 0.1) is 9.89 Å². The molecule has 0 saturated carbocycles. The standard InChI is InChI=1S/C19H15NS/c1-12-6-5-8-14-13(2)10-16-15-7-3-4-9-17(15)21-18(16)11-20-19(12)14/h3-11H,1-2H3/b13-10?,14-13+,16-10-,18-11+,20-11?,20-19+. The van der Waals surface area contributed by atoms with E-state index in [1.165, 1.54) is 36.2 Å². The van der Waals surface area contributed by atoms with Crippen LogP contribution in [0.3, 0.4) is 0 Å². The van der Waals surface area contributed by atoms with Gasteiger partial charge in [-0.3, -0.25) is 4.99 Å². The number of hydrogen-bond donors (Lipinski definition) is 0. The molecule has 0 fully saturated rings. The number of aryl methyl sites for hydroxylation is 1. The van der Waals surface area contributed by atoms with E-state index in [9.17, 15) is 0 Å². The van der Waals surface area contributed by atoms with E-state index in [-0.39, 0.29) is 0 Å². The van der Waals surface area contributed by atoms with Gasteiger partial charge in [0, 0.05) is 26.7 Å². The van der Waals surface area contributed by atoms with Gasteiger partial charge in [-0.25, -0.2) is 0 Å². The zero-order chi connectivity index (χ0) is 14.4. The van der Waals surface area contributed by atoms with Crippen LogP contribution in [0.25, 0.3) is 27.9 Å². The largest absolute Gasteiger partial charge is 0.254 e. The molecule has 0 atom stereocenters. The SMILES string of the molecule is CC1=c2/cccc(C)/c2=N\C=c2\sc3ccccc3\c2=C\1. The van der Waals surface area contributed by atoms with Crippen molar-refractivity contribution in [3.63, 3.8) is 0 Å². The number of nitrogens with zero attached hydrogens (tertiary/aromatic N) is 1. The summed E-state index contributed by atoms with van der Waals surface area (Å²) in [6, 6.07) is 15.0. The molecule has 0 saturated heterocycles. The summed E-state index contributed by atoms with van der Waals surface area (Å²) in [7, 11) is 0. The molecule has 2 heterocycles. The lowest BCUT2D eigenvalue weighted by Crippen LogP contribution is -2.31. The van der Waals surface area contributed by atoms with Gasteiger partial charge in [-0.1, -0.05) is 36.4 Å². The number of para-hydroxylation sites is 1. The normalized spacial score (nSPS) is 20.8. The summed E-state index contributed by atoms with van der Waals surface area (Å²) in [6.07, 6.45) is 4.33. The summed E-state index contributed by atoms with van der Waals surface area (Å²) in [4.78, 5) is 4.78. The number of rotatable bonds is 0. The van der Waals surface area contributed by atoms with Crippen LogP contribution in [0.1, 0.15) is 12.5 Å². The predicted octanol–water partition coefficient (Wildman–Crippen LogP) is 2.23. The van der Waals surface area contributed by atoms with Crippen molar-refractivity contribution in [2.24, 2.45) is 4.99 Å². The molecule has 0 bridgehead atoms. The highest BCUT2D eigenvalue weighted by Crippen LogP contribution is 2.13. The molecular formula is C19H15NS. The Hall–Kier alpha value is -2.19. The van der Waals surface area contributed by atoms with Crippen LogP contribution in [0.15, 0.2) is 47.5 Å². The van der Waals surface area contributed by atoms with Gasteiger partial charge >= 0.3 is 0 Å². The molecule has 0 aliphatic carbocycles. The van der Waals surface area contributed by atoms with Gasteiger partial charge < -0.3 is 0 Å². The molecule has 0 amide bonds. The van der Waals surface area contributed by atoms with Crippen molar-refractivity contribution in [3.05, 3.63) is 68.4 Å². The molecule has 102 valence electrons. The van der Waals surface area contributed by atoms with Crippen molar-refractivity contribution in [3.8, 4) is 0 Å². The molecule has 0 N–H and O–H groups in total. The Bertz CT molecular complexity index is 1100. The molecule has 3 aromatic rings. The Morgan fingerprint density at radius 2 is 1.81 bits per heavy atom. The van der Waals surface area contributed by atoms with Crippen LogP contribution in [0, 0.1) is 6.92 Å². The Morgan fingerprint density at radius 3 is 2.71 bits per heavy atom. The molecule has 1 aromatic heterocycles. The maximum Gasteiger partial charge on any atom is 0.0734 e. The second-order valence-electron chi connectivity index (χ2n) is 5.43. The molecule has 0 spiro atoms. The Kier molecular flexibility index (Phi) is 2.79. The van der Waals surface area contributed by atoms with Crippen molar-refractivity contribution in [1.82, 2.24) is 0 Å². The molecule has 0 radical (unpaired) electrons. The fourth-order valence-corrected chi connectivity index (χ4v) is 3.95. The fourth-order valence-electron chi connectivity index (χ4n) is 2.90. The highest BCUT2D eigenvalue weighted by molar-refractivity contribution is 7.17. The van der Waals surface area contributed by atoms with Crippen LogP contribution in [-0.4, -0.2) is 0 Å². The lowest BCUT2D eigenvalue weighted by molar-refractivity contribution is 1.25. The van der Waals surface area contributed by atoms with Gasteiger partial charge in [0.1, 0.15) is 0 Å². The van der Waals surface area contributed by atoms with Crippen molar-refractivity contribution in [1.29, 1.82) is 0 Å². The highest BCUT2D eigenvalue weighted by atomic mass is 32.1. The molecule has 2 heteroatoms. The summed E-state index contributed by atoms with van der Waals surface area (Å²) in [5, 5.41) is 4.94. The molecular weight excluding hydrogens is 274 g/mol. The maximum absolute atomic E-state index is 4.78. The third-order valence-corrected chi connectivity index (χ3v) is 5.12. The first-order valence-electron chi connectivity index (χ1n) is 7.08. The first-order chi connectivity index (χ1) is 10.2. The van der Waals surface area contributed by atoms with Crippen LogP contribution in [0.4, 0.5) is 0 Å². The zero-order valence-corrected chi connectivity index (χ0v) is 12.9. The quantitative estimate of drug-likeness (QED) is 0.602. The van der Waals surface area contributed by atoms with Crippen LogP contribution in [-0.2, 0) is 0 Å². The minimum Gasteiger partial charge on any atom is -0.254 e. The van der Waals surface area contributed by atoms with Crippen LogP contribution in [0.2, 0.25) is 0 Å². The van der Waals surface area contributed by atoms with Crippen molar-refractivity contribution < 1.29 is 0 Å². The minimum atomic E-state index is 1.09. The van der Waals surface area contributed by atoms with Gasteiger partial charge in [0.15, 0.2) is 0 Å². The number of benzene rings is 2. The van der Waals surface area contributed by atoms with Crippen LogP contribution >= 0.6 is 11.3 Å². The second-order valence-corrected chi connectivity index (χ2v) is 6.52. The average molecular weight is 289 g/mol. The van der Waals surface area contributed by atoms with Gasteiger partial charge in [0.2, 0.25) is 0 Å². The molecule has 1 aliphatic rings. The monoisotopic (exact) mass is 289 g/mol. The molecule has 4 rings (SSSR count). The number of fused-ring (bicyclic) bond motifs is 4. The van der Waals surface area contributed by atoms with E-state index >= 15 is 0 Å². The summed E-state index contributed by atoms with van der Waals surface area (Å²) in [5.74, 6) is 0. The van der Waals surface area contributed by atoms with Crippen molar-refractivity contribution >= 4 is 39.3 Å². The summed E-state index contributed by atoms with van der Waals surface area (Å²) >= 11 is 1.81. The summed E-state index contributed by atoms with van der Waals surface area (Å²) in [6.45, 7) is 4.30. The van der Waals surface area contributed by atoms with E-state index in [2.05, 4.69) is 62.4 Å². The van der Waals surface area contributed by atoms with Crippen molar-refractivity contribution in [2.75, 3.05) is 0 Å². The van der Waals surface area contributed by atoms with E-state index in [1.54, 1.807) is 0 Å². The smallest absolute Gasteiger partial charge is 0.0734 e. The number of thiophene rings is 1. The lowest BCUT2D eigenvalue weighted by atomic mass is 10.1. The fraction of sp³-hybridized carbons (Fsp3) is 0.105. The first-order valence-corrected chi connectivity index (χ1v) is 7.89. The zero-order valence-electron chi connectivity index (χ0n) is 12.1. The van der Waals surface area contributed by atoms with E-state index in [0.29, 0.717) is 0 Å². The molecule has 0 unspecified atom stereocenters. The molecule has 2 aromatic carbocycles. The van der Waals surface area contributed by atoms with Gasteiger partial charge in [-0.05, 0) is 37.1 Å². The molecule has 1 nitrogen and oxygen atoms in total. The Morgan fingerprint density at radius 1 is 0.952 bits per heavy atom. The van der Waals surface area contributed by atoms with Gasteiger partial charge in [-0.2, -0.15) is 0 Å². The summed E-state index contributed by atoms with van der Waals surface area (Å²) in [5.41, 5.74) is 2.50. The van der Waals surface area contributed by atoms with Crippen LogP contribution < -0.4 is 20.3 Å². The van der Waals surface area contributed by atoms with Crippen molar-refractivity contribution in [2.45, 2.75) is 13.8 Å². The van der Waals surface area contributed by atoms with E-state index in [1.807, 2.05) is 17.5 Å². The number of hydrogen-bond acceptors (Lipinski definition) is 2. The third kappa shape index (κ3) is 1.95. The summed E-state index contributed by atoms with van der Waals surface area (Å²) < 4.78 is 2.56. The van der Waals surface area contributed by atoms with E-state index < -0.39 is 0 Å². The first kappa shape index (κ1) is 12.5. The lowest BCUT2D eigenvalue weighted by Gasteiger charge is -2.00. The Balaban J connectivity index is 2.26. The third-order valence-electron chi connectivity index (χ3n) is 4.00. The van der Waals surface area contributed by atoms with Gasteiger partial charge in [-0.15, -0.1) is 11.3 Å². The van der Waals surface area contributed by atoms with E-state index in [0.717, 1.165) is 5.36 Å². The Labute approximate surface area is 126 Å². The second kappa shape index (κ2) is 4.68. The molecule has 1 aliphatic heterocycles. The average Bonchev–Trinajstić information content (AvgIpc) is 2.82. The van der Waals surface area contributed by atoms with Crippen LogP contribution in [0.5, 0.6) is 0 Å². The van der Waals surface area contributed by atoms with E-state index in [4.69, 9.17) is 4.99 Å². The minimum absolute atomic E-state index is 1.09. The highest BCUT2D eigenvalue weighted by Gasteiger charge is 2.03. The predicted molar refractivity (Wildman–Crippen MR) is 91.0 cm³/mol.